The molecule has 2 heterocycles. The van der Waals surface area contributed by atoms with Gasteiger partial charge in [0.15, 0.2) is 0 Å². The molecule has 0 aliphatic carbocycles. The van der Waals surface area contributed by atoms with E-state index in [2.05, 4.69) is 22.3 Å². The maximum atomic E-state index is 13.0. The Bertz CT molecular complexity index is 989. The summed E-state index contributed by atoms with van der Waals surface area (Å²) in [5.74, 6) is 2.67. The molecule has 0 bridgehead atoms. The van der Waals surface area contributed by atoms with Crippen LogP contribution in [0.3, 0.4) is 0 Å². The highest BCUT2D eigenvalue weighted by molar-refractivity contribution is 7.99. The maximum absolute atomic E-state index is 13.0. The van der Waals surface area contributed by atoms with Crippen LogP contribution in [0.4, 0.5) is 5.69 Å². The van der Waals surface area contributed by atoms with Gasteiger partial charge in [-0.15, -0.1) is 0 Å². The molecule has 2 aliphatic heterocycles. The van der Waals surface area contributed by atoms with Crippen molar-refractivity contribution >= 4 is 40.9 Å². The average Bonchev–Trinajstić information content (AvgIpc) is 2.84. The van der Waals surface area contributed by atoms with Gasteiger partial charge in [-0.2, -0.15) is 11.8 Å². The van der Waals surface area contributed by atoms with Crippen molar-refractivity contribution in [2.45, 2.75) is 19.4 Å². The first-order chi connectivity index (χ1) is 16.0. The third-order valence-electron chi connectivity index (χ3n) is 6.25. The fraction of sp³-hybridized carbons (Fsp3) is 0.440. The first kappa shape index (κ1) is 23.9. The van der Waals surface area contributed by atoms with E-state index in [1.165, 1.54) is 24.2 Å². The number of likely N-dealkylation sites (tertiary alicyclic amines) is 1. The number of anilines is 1. The summed E-state index contributed by atoms with van der Waals surface area (Å²) in [6.45, 7) is 4.19. The smallest absolute Gasteiger partial charge is 0.257 e. The molecule has 4 rings (SSSR count). The number of hydrogen-bond acceptors (Lipinski definition) is 5. The molecule has 1 N–H and O–H groups in total. The van der Waals surface area contributed by atoms with Crippen molar-refractivity contribution < 1.29 is 14.3 Å². The Labute approximate surface area is 204 Å². The highest BCUT2D eigenvalue weighted by Gasteiger charge is 2.29. The molecule has 33 heavy (non-hydrogen) atoms. The molecule has 6 nitrogen and oxygen atoms in total. The SMILES string of the molecule is COc1ccc(Cl)cc1C(=O)N1CCC(C(=O)Nc2cccc(CN3CCSCC3)c2)CC1. The minimum Gasteiger partial charge on any atom is -0.496 e. The molecule has 2 aromatic carbocycles. The average molecular weight is 488 g/mol. The molecule has 2 aromatic rings. The van der Waals surface area contributed by atoms with Crippen LogP contribution < -0.4 is 10.1 Å². The van der Waals surface area contributed by atoms with E-state index in [1.54, 1.807) is 23.1 Å². The predicted molar refractivity (Wildman–Crippen MR) is 134 cm³/mol. The van der Waals surface area contributed by atoms with E-state index >= 15 is 0 Å². The fourth-order valence-corrected chi connectivity index (χ4v) is 5.52. The first-order valence-corrected chi connectivity index (χ1v) is 12.9. The van der Waals surface area contributed by atoms with Crippen LogP contribution >= 0.6 is 23.4 Å². The summed E-state index contributed by atoms with van der Waals surface area (Å²) in [5, 5.41) is 3.58. The van der Waals surface area contributed by atoms with Gasteiger partial charge in [-0.05, 0) is 48.7 Å². The van der Waals surface area contributed by atoms with E-state index in [4.69, 9.17) is 16.3 Å². The molecule has 2 aliphatic rings. The van der Waals surface area contributed by atoms with Crippen LogP contribution in [0.1, 0.15) is 28.8 Å². The molecule has 2 fully saturated rings. The van der Waals surface area contributed by atoms with Crippen molar-refractivity contribution in [3.05, 3.63) is 58.6 Å². The largest absolute Gasteiger partial charge is 0.496 e. The fourth-order valence-electron chi connectivity index (χ4n) is 4.37. The Hall–Kier alpha value is -2.22. The lowest BCUT2D eigenvalue weighted by molar-refractivity contribution is -0.121. The number of nitrogens with zero attached hydrogens (tertiary/aromatic N) is 2. The number of thioether (sulfide) groups is 1. The van der Waals surface area contributed by atoms with Crippen LogP contribution in [-0.2, 0) is 11.3 Å². The molecule has 2 saturated heterocycles. The molecule has 2 amide bonds. The number of ether oxygens (including phenoxy) is 1. The topological polar surface area (TPSA) is 61.9 Å². The Kier molecular flexibility index (Phi) is 8.17. The summed E-state index contributed by atoms with van der Waals surface area (Å²) in [4.78, 5) is 30.1. The zero-order chi connectivity index (χ0) is 23.2. The van der Waals surface area contributed by atoms with Gasteiger partial charge in [0.2, 0.25) is 5.91 Å². The van der Waals surface area contributed by atoms with Crippen LogP contribution in [0.25, 0.3) is 0 Å². The van der Waals surface area contributed by atoms with Crippen LogP contribution in [0.5, 0.6) is 5.75 Å². The Morgan fingerprint density at radius 2 is 1.85 bits per heavy atom. The summed E-state index contributed by atoms with van der Waals surface area (Å²) in [7, 11) is 1.54. The van der Waals surface area contributed by atoms with E-state index in [0.717, 1.165) is 25.3 Å². The van der Waals surface area contributed by atoms with Gasteiger partial charge >= 0.3 is 0 Å². The number of nitrogens with one attached hydrogen (secondary N) is 1. The monoisotopic (exact) mass is 487 g/mol. The number of benzene rings is 2. The van der Waals surface area contributed by atoms with Gasteiger partial charge in [-0.3, -0.25) is 14.5 Å². The number of carbonyl (C=O) groups excluding carboxylic acids is 2. The van der Waals surface area contributed by atoms with Crippen LogP contribution in [-0.4, -0.2) is 66.4 Å². The van der Waals surface area contributed by atoms with Crippen molar-refractivity contribution in [2.24, 2.45) is 5.92 Å². The number of methoxy groups -OCH3 is 1. The van der Waals surface area contributed by atoms with Gasteiger partial charge in [0, 0.05) is 60.9 Å². The number of rotatable bonds is 6. The van der Waals surface area contributed by atoms with Crippen molar-refractivity contribution in [1.82, 2.24) is 9.80 Å². The van der Waals surface area contributed by atoms with Crippen LogP contribution in [0.2, 0.25) is 5.02 Å². The Balaban J connectivity index is 1.31. The maximum Gasteiger partial charge on any atom is 0.257 e. The van der Waals surface area contributed by atoms with Gasteiger partial charge < -0.3 is 15.0 Å². The van der Waals surface area contributed by atoms with E-state index in [0.29, 0.717) is 42.3 Å². The highest BCUT2D eigenvalue weighted by atomic mass is 35.5. The molecule has 0 radical (unpaired) electrons. The molecule has 0 saturated carbocycles. The van der Waals surface area contributed by atoms with Gasteiger partial charge in [0.05, 0.1) is 12.7 Å². The third-order valence-corrected chi connectivity index (χ3v) is 7.43. The Morgan fingerprint density at radius 1 is 1.09 bits per heavy atom. The van der Waals surface area contributed by atoms with Crippen molar-refractivity contribution in [2.75, 3.05) is 50.1 Å². The number of carbonyl (C=O) groups is 2. The second kappa shape index (κ2) is 11.3. The lowest BCUT2D eigenvalue weighted by Gasteiger charge is -2.31. The predicted octanol–water partition coefficient (Wildman–Crippen LogP) is 4.39. The van der Waals surface area contributed by atoms with E-state index in [1.807, 2.05) is 23.9 Å². The number of hydrogen-bond donors (Lipinski definition) is 1. The van der Waals surface area contributed by atoms with Crippen molar-refractivity contribution in [1.29, 1.82) is 0 Å². The molecular formula is C25H30ClN3O3S. The minimum atomic E-state index is -0.114. The Morgan fingerprint density at radius 3 is 2.58 bits per heavy atom. The zero-order valence-corrected chi connectivity index (χ0v) is 20.5. The lowest BCUT2D eigenvalue weighted by Crippen LogP contribution is -2.41. The number of halogens is 1. The quantitative estimate of drug-likeness (QED) is 0.654. The van der Waals surface area contributed by atoms with Gasteiger partial charge in [-0.1, -0.05) is 23.7 Å². The molecular weight excluding hydrogens is 458 g/mol. The molecule has 0 atom stereocenters. The molecule has 8 heteroatoms. The molecule has 0 aromatic heterocycles. The normalized spacial score (nSPS) is 17.6. The zero-order valence-electron chi connectivity index (χ0n) is 18.9. The second-order valence-electron chi connectivity index (χ2n) is 8.49. The number of piperidine rings is 1. The molecule has 0 spiro atoms. The summed E-state index contributed by atoms with van der Waals surface area (Å²) in [6.07, 6.45) is 1.26. The van der Waals surface area contributed by atoms with Crippen molar-refractivity contribution in [3.63, 3.8) is 0 Å². The summed E-state index contributed by atoms with van der Waals surface area (Å²) >= 11 is 8.09. The van der Waals surface area contributed by atoms with E-state index in [-0.39, 0.29) is 17.7 Å². The van der Waals surface area contributed by atoms with Crippen LogP contribution in [0, 0.1) is 5.92 Å². The standard InChI is InChI=1S/C25H30ClN3O3S/c1-32-23-6-5-20(26)16-22(23)25(31)29-9-7-19(8-10-29)24(30)27-21-4-2-3-18(15-21)17-28-11-13-33-14-12-28/h2-6,15-16,19H,7-14,17H2,1H3,(H,27,30). The summed E-state index contributed by atoms with van der Waals surface area (Å²) in [5.41, 5.74) is 2.51. The molecule has 0 unspecified atom stereocenters. The van der Waals surface area contributed by atoms with Gasteiger partial charge in [-0.25, -0.2) is 0 Å². The summed E-state index contributed by atoms with van der Waals surface area (Å²) in [6, 6.07) is 13.2. The second-order valence-corrected chi connectivity index (χ2v) is 10.2. The summed E-state index contributed by atoms with van der Waals surface area (Å²) < 4.78 is 5.32. The third kappa shape index (κ3) is 6.22. The molecule has 176 valence electrons. The van der Waals surface area contributed by atoms with E-state index in [9.17, 15) is 9.59 Å². The highest BCUT2D eigenvalue weighted by Crippen LogP contribution is 2.27. The van der Waals surface area contributed by atoms with E-state index < -0.39 is 0 Å². The first-order valence-electron chi connectivity index (χ1n) is 11.4. The van der Waals surface area contributed by atoms with Crippen LogP contribution in [0.15, 0.2) is 42.5 Å². The number of amides is 2. The van der Waals surface area contributed by atoms with Crippen molar-refractivity contribution in [3.8, 4) is 5.75 Å². The minimum absolute atomic E-state index is 0.0222. The van der Waals surface area contributed by atoms with Gasteiger partial charge in [0.25, 0.3) is 5.91 Å². The lowest BCUT2D eigenvalue weighted by atomic mass is 9.95. The van der Waals surface area contributed by atoms with Gasteiger partial charge in [0.1, 0.15) is 5.75 Å².